The molecule has 2 aromatic rings. The van der Waals surface area contributed by atoms with E-state index in [1.807, 2.05) is 48.5 Å². The average Bonchev–Trinajstić information content (AvgIpc) is 2.39. The van der Waals surface area contributed by atoms with Crippen LogP contribution in [0.5, 0.6) is 5.75 Å². The Hall–Kier alpha value is -1.22. The zero-order valence-electron chi connectivity index (χ0n) is 9.56. The van der Waals surface area contributed by atoms with Crippen molar-refractivity contribution in [3.63, 3.8) is 0 Å². The van der Waals surface area contributed by atoms with E-state index < -0.39 is 0 Å². The lowest BCUT2D eigenvalue weighted by Gasteiger charge is -2.13. The second-order valence-corrected chi connectivity index (χ2v) is 4.72. The largest absolute Gasteiger partial charge is 0.497 e. The lowest BCUT2D eigenvalue weighted by Crippen LogP contribution is -2.00. The molecule has 17 heavy (non-hydrogen) atoms. The molecule has 0 heterocycles. The maximum atomic E-state index is 6.20. The quantitative estimate of drug-likeness (QED) is 0.782. The molecular formula is C14H12BBrO. The average molecular weight is 287 g/mol. The third kappa shape index (κ3) is 2.92. The van der Waals surface area contributed by atoms with Gasteiger partial charge in [0.25, 0.3) is 0 Å². The van der Waals surface area contributed by atoms with E-state index in [1.54, 1.807) is 7.11 Å². The number of methoxy groups -OCH3 is 1. The molecule has 0 N–H and O–H groups in total. The summed E-state index contributed by atoms with van der Waals surface area (Å²) in [6.07, 6.45) is 0. The van der Waals surface area contributed by atoms with Crippen LogP contribution in [0.25, 0.3) is 0 Å². The first-order chi connectivity index (χ1) is 8.20. The Morgan fingerprint density at radius 1 is 0.941 bits per heavy atom. The van der Waals surface area contributed by atoms with Crippen LogP contribution in [-0.2, 0) is 0 Å². The molecule has 0 aliphatic carbocycles. The summed E-state index contributed by atoms with van der Waals surface area (Å²) in [5.74, 6) is 0.741. The van der Waals surface area contributed by atoms with E-state index in [0.29, 0.717) is 0 Å². The van der Waals surface area contributed by atoms with Crippen molar-refractivity contribution in [3.8, 4) is 5.75 Å². The number of hydrogen-bond donors (Lipinski definition) is 0. The highest BCUT2D eigenvalue weighted by atomic mass is 79.9. The van der Waals surface area contributed by atoms with Crippen molar-refractivity contribution < 1.29 is 4.74 Å². The van der Waals surface area contributed by atoms with Gasteiger partial charge < -0.3 is 4.74 Å². The molecule has 0 saturated carbocycles. The van der Waals surface area contributed by atoms with E-state index in [0.717, 1.165) is 21.3 Å². The van der Waals surface area contributed by atoms with Gasteiger partial charge in [0.1, 0.15) is 5.75 Å². The minimum absolute atomic E-state index is 0.103. The predicted molar refractivity (Wildman–Crippen MR) is 74.7 cm³/mol. The summed E-state index contributed by atoms with van der Waals surface area (Å²) in [5, 5.41) is 0. The Bertz CT molecular complexity index is 479. The molecule has 0 aliphatic heterocycles. The standard InChI is InChI=1S/C14H12BBrO/c1-17-13-8-4-11(5-9-13)14(15)10-2-6-12(16)7-3-10/h2-9,14H,1H3. The van der Waals surface area contributed by atoms with Gasteiger partial charge in [-0.3, -0.25) is 0 Å². The number of benzene rings is 2. The van der Waals surface area contributed by atoms with E-state index in [9.17, 15) is 0 Å². The Morgan fingerprint density at radius 2 is 1.41 bits per heavy atom. The van der Waals surface area contributed by atoms with Gasteiger partial charge in [-0.1, -0.05) is 40.2 Å². The van der Waals surface area contributed by atoms with Crippen LogP contribution in [-0.4, -0.2) is 15.0 Å². The van der Waals surface area contributed by atoms with Crippen molar-refractivity contribution in [2.45, 2.75) is 5.82 Å². The van der Waals surface area contributed by atoms with E-state index in [4.69, 9.17) is 12.6 Å². The Kier molecular flexibility index (Phi) is 3.90. The summed E-state index contributed by atoms with van der Waals surface area (Å²) < 4.78 is 6.18. The molecule has 0 aromatic heterocycles. The first-order valence-corrected chi connectivity index (χ1v) is 6.15. The topological polar surface area (TPSA) is 9.23 Å². The fourth-order valence-corrected chi connectivity index (χ4v) is 1.94. The van der Waals surface area contributed by atoms with Crippen LogP contribution in [0, 0.1) is 0 Å². The minimum Gasteiger partial charge on any atom is -0.497 e. The zero-order valence-corrected chi connectivity index (χ0v) is 11.1. The van der Waals surface area contributed by atoms with Crippen LogP contribution < -0.4 is 4.74 Å². The molecule has 0 saturated heterocycles. The van der Waals surface area contributed by atoms with Gasteiger partial charge in [0.15, 0.2) is 0 Å². The summed E-state index contributed by atoms with van der Waals surface area (Å²) in [4.78, 5) is 0. The van der Waals surface area contributed by atoms with Crippen LogP contribution in [0.1, 0.15) is 16.9 Å². The highest BCUT2D eigenvalue weighted by Gasteiger charge is 2.07. The fourth-order valence-electron chi connectivity index (χ4n) is 1.67. The summed E-state index contributed by atoms with van der Waals surface area (Å²) in [6, 6.07) is 15.9. The number of hydrogen-bond acceptors (Lipinski definition) is 1. The van der Waals surface area contributed by atoms with Crippen molar-refractivity contribution in [2.75, 3.05) is 7.11 Å². The van der Waals surface area contributed by atoms with Crippen molar-refractivity contribution in [1.29, 1.82) is 0 Å². The van der Waals surface area contributed by atoms with E-state index >= 15 is 0 Å². The van der Waals surface area contributed by atoms with Gasteiger partial charge in [0.05, 0.1) is 15.0 Å². The lowest BCUT2D eigenvalue weighted by molar-refractivity contribution is 0.414. The van der Waals surface area contributed by atoms with Crippen LogP contribution >= 0.6 is 15.9 Å². The third-order valence-corrected chi connectivity index (χ3v) is 3.23. The summed E-state index contributed by atoms with van der Waals surface area (Å²) in [6.45, 7) is 0. The van der Waals surface area contributed by atoms with Crippen molar-refractivity contribution in [1.82, 2.24) is 0 Å². The monoisotopic (exact) mass is 286 g/mol. The second kappa shape index (κ2) is 5.41. The molecule has 2 aromatic carbocycles. The molecule has 3 heteroatoms. The van der Waals surface area contributed by atoms with Crippen LogP contribution in [0.3, 0.4) is 0 Å². The summed E-state index contributed by atoms with van der Waals surface area (Å²) in [7, 11) is 7.86. The van der Waals surface area contributed by atoms with Gasteiger partial charge in [-0.25, -0.2) is 0 Å². The van der Waals surface area contributed by atoms with Crippen molar-refractivity contribution >= 4 is 23.8 Å². The molecule has 0 spiro atoms. The summed E-state index contributed by atoms with van der Waals surface area (Å²) in [5.41, 5.74) is 2.17. The SMILES string of the molecule is [B]C(c1ccc(Br)cc1)c1ccc(OC)cc1. The smallest absolute Gasteiger partial charge is 0.118 e. The second-order valence-electron chi connectivity index (χ2n) is 3.80. The van der Waals surface area contributed by atoms with Gasteiger partial charge >= 0.3 is 0 Å². The molecule has 84 valence electrons. The van der Waals surface area contributed by atoms with E-state index in [1.165, 1.54) is 0 Å². The predicted octanol–water partition coefficient (Wildman–Crippen LogP) is 3.72. The number of ether oxygens (including phenoxy) is 1. The molecule has 1 unspecified atom stereocenters. The molecule has 1 atom stereocenters. The molecule has 1 nitrogen and oxygen atoms in total. The molecule has 0 fully saturated rings. The van der Waals surface area contributed by atoms with E-state index in [-0.39, 0.29) is 5.82 Å². The van der Waals surface area contributed by atoms with Crippen molar-refractivity contribution in [2.24, 2.45) is 0 Å². The third-order valence-electron chi connectivity index (χ3n) is 2.70. The molecule has 2 rings (SSSR count). The first-order valence-electron chi connectivity index (χ1n) is 5.35. The van der Waals surface area contributed by atoms with Crippen LogP contribution in [0.15, 0.2) is 53.0 Å². The molecular weight excluding hydrogens is 275 g/mol. The minimum atomic E-state index is -0.103. The Morgan fingerprint density at radius 3 is 1.88 bits per heavy atom. The van der Waals surface area contributed by atoms with Crippen LogP contribution in [0.2, 0.25) is 0 Å². The van der Waals surface area contributed by atoms with Gasteiger partial charge in [-0.05, 0) is 41.2 Å². The Balaban J connectivity index is 2.23. The molecule has 0 bridgehead atoms. The molecule has 0 amide bonds. The van der Waals surface area contributed by atoms with Gasteiger partial charge in [0, 0.05) is 4.47 Å². The van der Waals surface area contributed by atoms with Gasteiger partial charge in [-0.2, -0.15) is 0 Å². The van der Waals surface area contributed by atoms with E-state index in [2.05, 4.69) is 15.9 Å². The van der Waals surface area contributed by atoms with Gasteiger partial charge in [-0.15, -0.1) is 0 Å². The highest BCUT2D eigenvalue weighted by molar-refractivity contribution is 9.10. The number of rotatable bonds is 3. The van der Waals surface area contributed by atoms with Gasteiger partial charge in [0.2, 0.25) is 0 Å². The van der Waals surface area contributed by atoms with Crippen molar-refractivity contribution in [3.05, 3.63) is 64.1 Å². The molecule has 2 radical (unpaired) electrons. The lowest BCUT2D eigenvalue weighted by atomic mass is 9.76. The fraction of sp³-hybridized carbons (Fsp3) is 0.143. The zero-order chi connectivity index (χ0) is 12.3. The summed E-state index contributed by atoms with van der Waals surface area (Å²) >= 11 is 3.41. The maximum Gasteiger partial charge on any atom is 0.118 e. The highest BCUT2D eigenvalue weighted by Crippen LogP contribution is 2.24. The van der Waals surface area contributed by atoms with Crippen LogP contribution in [0.4, 0.5) is 0 Å². The normalized spacial score (nSPS) is 12.1. The first kappa shape index (κ1) is 12.2. The molecule has 0 aliphatic rings. The Labute approximate surface area is 111 Å². The maximum absolute atomic E-state index is 6.20. The number of halogens is 1.